The number of hydrogen-bond donors (Lipinski definition) is 0. The molecule has 3 nitrogen and oxygen atoms in total. The number of nitrogens with zero attached hydrogens (tertiary/aromatic N) is 1. The largest absolute Gasteiger partial charge is 0.493 e. The van der Waals surface area contributed by atoms with Gasteiger partial charge in [0.15, 0.2) is 12.0 Å². The van der Waals surface area contributed by atoms with Crippen LogP contribution in [0.25, 0.3) is 0 Å². The van der Waals surface area contributed by atoms with E-state index >= 15 is 0 Å². The molecular formula is C8H6BrF2NO2. The molecule has 0 amide bonds. The van der Waals surface area contributed by atoms with Gasteiger partial charge in [-0.3, -0.25) is 4.79 Å². The summed E-state index contributed by atoms with van der Waals surface area (Å²) in [5, 5.41) is 0. The second kappa shape index (κ2) is 4.45. The number of halogens is 3. The number of carbonyl (C=O) groups excluding carboxylic acids is 1. The van der Waals surface area contributed by atoms with Crippen LogP contribution in [0.4, 0.5) is 8.78 Å². The zero-order valence-corrected chi connectivity index (χ0v) is 8.72. The molecule has 0 aliphatic heterocycles. The van der Waals surface area contributed by atoms with Gasteiger partial charge in [0.25, 0.3) is 6.43 Å². The molecule has 0 aromatic carbocycles. The Kier molecular flexibility index (Phi) is 3.51. The fourth-order valence-electron chi connectivity index (χ4n) is 0.942. The lowest BCUT2D eigenvalue weighted by Crippen LogP contribution is -1.99. The summed E-state index contributed by atoms with van der Waals surface area (Å²) in [6.07, 6.45) is -2.27. The maximum Gasteiger partial charge on any atom is 0.280 e. The number of pyridine rings is 1. The molecule has 0 spiro atoms. The normalized spacial score (nSPS) is 10.4. The molecule has 0 saturated carbocycles. The highest BCUT2D eigenvalue weighted by atomic mass is 79.9. The van der Waals surface area contributed by atoms with Crippen LogP contribution in [0.15, 0.2) is 10.7 Å². The molecule has 1 heterocycles. The van der Waals surface area contributed by atoms with E-state index in [-0.39, 0.29) is 15.9 Å². The molecule has 0 saturated heterocycles. The van der Waals surface area contributed by atoms with E-state index in [1.807, 2.05) is 0 Å². The molecule has 0 aliphatic carbocycles. The fraction of sp³-hybridized carbons (Fsp3) is 0.250. The van der Waals surface area contributed by atoms with Gasteiger partial charge in [-0.1, -0.05) is 0 Å². The zero-order valence-electron chi connectivity index (χ0n) is 7.13. The molecule has 0 unspecified atom stereocenters. The molecule has 1 aromatic heterocycles. The Bertz CT molecular complexity index is 357. The first kappa shape index (κ1) is 11.0. The van der Waals surface area contributed by atoms with Gasteiger partial charge in [-0.25, -0.2) is 13.8 Å². The molecule has 0 radical (unpaired) electrons. The van der Waals surface area contributed by atoms with Gasteiger partial charge < -0.3 is 4.74 Å². The topological polar surface area (TPSA) is 39.2 Å². The van der Waals surface area contributed by atoms with Crippen LogP contribution >= 0.6 is 15.9 Å². The number of alkyl halides is 2. The number of methoxy groups -OCH3 is 1. The van der Waals surface area contributed by atoms with Crippen molar-refractivity contribution >= 4 is 22.2 Å². The summed E-state index contributed by atoms with van der Waals surface area (Å²) in [7, 11) is 1.33. The van der Waals surface area contributed by atoms with E-state index in [1.165, 1.54) is 7.11 Å². The van der Waals surface area contributed by atoms with Gasteiger partial charge >= 0.3 is 0 Å². The molecule has 0 fully saturated rings. The van der Waals surface area contributed by atoms with Gasteiger partial charge in [0.05, 0.1) is 12.7 Å². The van der Waals surface area contributed by atoms with E-state index in [1.54, 1.807) is 0 Å². The summed E-state index contributed by atoms with van der Waals surface area (Å²) in [4.78, 5) is 14.1. The molecule has 1 rings (SSSR count). The van der Waals surface area contributed by atoms with Crippen LogP contribution in [0.5, 0.6) is 5.75 Å². The zero-order chi connectivity index (χ0) is 10.7. The van der Waals surface area contributed by atoms with Gasteiger partial charge in [0.2, 0.25) is 0 Å². The minimum absolute atomic E-state index is 0.0460. The lowest BCUT2D eigenvalue weighted by Gasteiger charge is -2.07. The first-order chi connectivity index (χ1) is 6.60. The number of aromatic nitrogens is 1. The molecular weight excluding hydrogens is 260 g/mol. The number of carbonyl (C=O) groups is 1. The molecule has 0 aliphatic rings. The van der Waals surface area contributed by atoms with Crippen LogP contribution in [-0.2, 0) is 0 Å². The van der Waals surface area contributed by atoms with E-state index in [0.29, 0.717) is 6.29 Å². The minimum Gasteiger partial charge on any atom is -0.493 e. The van der Waals surface area contributed by atoms with Crippen LogP contribution < -0.4 is 4.74 Å². The Balaban J connectivity index is 3.31. The summed E-state index contributed by atoms with van der Waals surface area (Å²) < 4.78 is 29.4. The first-order valence-electron chi connectivity index (χ1n) is 3.58. The first-order valence-corrected chi connectivity index (χ1v) is 4.37. The minimum atomic E-state index is -2.71. The standard InChI is InChI=1S/C8H6BrF2NO2/c1-14-6-4(3-13)2-5(8(10)11)12-7(6)9/h2-3,8H,1H3. The monoisotopic (exact) mass is 265 g/mol. The highest BCUT2D eigenvalue weighted by molar-refractivity contribution is 9.10. The quantitative estimate of drug-likeness (QED) is 0.623. The Morgan fingerprint density at radius 2 is 2.29 bits per heavy atom. The van der Waals surface area contributed by atoms with E-state index in [2.05, 4.69) is 20.9 Å². The number of hydrogen-bond acceptors (Lipinski definition) is 3. The average molecular weight is 266 g/mol. The second-order valence-electron chi connectivity index (χ2n) is 2.38. The van der Waals surface area contributed by atoms with Crippen molar-refractivity contribution in [2.24, 2.45) is 0 Å². The Morgan fingerprint density at radius 3 is 2.71 bits per heavy atom. The lowest BCUT2D eigenvalue weighted by molar-refractivity contribution is 0.111. The van der Waals surface area contributed by atoms with E-state index in [9.17, 15) is 13.6 Å². The van der Waals surface area contributed by atoms with E-state index in [0.717, 1.165) is 6.07 Å². The molecule has 0 bridgehead atoms. The van der Waals surface area contributed by atoms with Crippen molar-refractivity contribution < 1.29 is 18.3 Å². The van der Waals surface area contributed by atoms with Crippen LogP contribution in [0.3, 0.4) is 0 Å². The second-order valence-corrected chi connectivity index (χ2v) is 3.13. The maximum atomic E-state index is 12.3. The number of rotatable bonds is 3. The van der Waals surface area contributed by atoms with Gasteiger partial charge in [-0.2, -0.15) is 0 Å². The summed E-state index contributed by atoms with van der Waals surface area (Å²) in [6.45, 7) is 0. The highest BCUT2D eigenvalue weighted by Gasteiger charge is 2.16. The maximum absolute atomic E-state index is 12.3. The molecule has 76 valence electrons. The van der Waals surface area contributed by atoms with Gasteiger partial charge in [-0.15, -0.1) is 0 Å². The third-order valence-corrected chi connectivity index (χ3v) is 2.07. The van der Waals surface area contributed by atoms with Crippen molar-refractivity contribution in [2.75, 3.05) is 7.11 Å². The van der Waals surface area contributed by atoms with Crippen molar-refractivity contribution in [1.29, 1.82) is 0 Å². The van der Waals surface area contributed by atoms with E-state index in [4.69, 9.17) is 4.74 Å². The van der Waals surface area contributed by atoms with Crippen molar-refractivity contribution in [3.05, 3.63) is 21.9 Å². The van der Waals surface area contributed by atoms with Gasteiger partial charge in [-0.05, 0) is 22.0 Å². The average Bonchev–Trinajstić information content (AvgIpc) is 2.16. The van der Waals surface area contributed by atoms with Crippen LogP contribution in [0.1, 0.15) is 22.5 Å². The van der Waals surface area contributed by atoms with Crippen molar-refractivity contribution in [3.8, 4) is 5.75 Å². The fourth-order valence-corrected chi connectivity index (χ4v) is 1.54. The Hall–Kier alpha value is -1.04. The molecule has 6 heteroatoms. The van der Waals surface area contributed by atoms with Crippen LogP contribution in [-0.4, -0.2) is 18.4 Å². The van der Waals surface area contributed by atoms with E-state index < -0.39 is 12.1 Å². The molecule has 0 atom stereocenters. The predicted molar refractivity (Wildman–Crippen MR) is 48.8 cm³/mol. The Morgan fingerprint density at radius 1 is 1.64 bits per heavy atom. The van der Waals surface area contributed by atoms with Crippen LogP contribution in [0.2, 0.25) is 0 Å². The van der Waals surface area contributed by atoms with Crippen molar-refractivity contribution in [3.63, 3.8) is 0 Å². The summed E-state index contributed by atoms with van der Waals surface area (Å²) >= 11 is 2.94. The van der Waals surface area contributed by atoms with Gasteiger partial charge in [0, 0.05) is 0 Å². The van der Waals surface area contributed by atoms with Crippen molar-refractivity contribution in [1.82, 2.24) is 4.98 Å². The van der Waals surface area contributed by atoms with Crippen molar-refractivity contribution in [2.45, 2.75) is 6.43 Å². The number of aldehydes is 1. The Labute approximate surface area is 87.2 Å². The summed E-state index contributed by atoms with van der Waals surface area (Å²) in [5.74, 6) is 0.157. The molecule has 14 heavy (non-hydrogen) atoms. The third-order valence-electron chi connectivity index (χ3n) is 1.53. The van der Waals surface area contributed by atoms with Gasteiger partial charge in [0.1, 0.15) is 10.3 Å². The number of ether oxygens (including phenoxy) is 1. The highest BCUT2D eigenvalue weighted by Crippen LogP contribution is 2.29. The molecule has 1 aromatic rings. The smallest absolute Gasteiger partial charge is 0.280 e. The predicted octanol–water partition coefficient (Wildman–Crippen LogP) is 2.60. The molecule has 0 N–H and O–H groups in total. The summed E-state index contributed by atoms with van der Waals surface area (Å²) in [6, 6.07) is 1.00. The summed E-state index contributed by atoms with van der Waals surface area (Å²) in [5.41, 5.74) is -0.413. The van der Waals surface area contributed by atoms with Crippen LogP contribution in [0, 0.1) is 0 Å². The third kappa shape index (κ3) is 2.06. The lowest BCUT2D eigenvalue weighted by atomic mass is 10.2. The SMILES string of the molecule is COc1c(C=O)cc(C(F)F)nc1Br.